The average Bonchev–Trinajstić information content (AvgIpc) is 3.03. The largest absolute Gasteiger partial charge is 0.461 e. The monoisotopic (exact) mass is 384 g/mol. The molecule has 1 aliphatic rings. The summed E-state index contributed by atoms with van der Waals surface area (Å²) < 4.78 is 12.4. The highest BCUT2D eigenvalue weighted by molar-refractivity contribution is 7.98. The van der Waals surface area contributed by atoms with Gasteiger partial charge in [0.15, 0.2) is 5.82 Å². The van der Waals surface area contributed by atoms with Crippen molar-refractivity contribution in [3.63, 3.8) is 0 Å². The van der Waals surface area contributed by atoms with E-state index in [0.717, 1.165) is 0 Å². The molecular weight excluding hydrogens is 364 g/mol. The van der Waals surface area contributed by atoms with Crippen molar-refractivity contribution in [3.8, 4) is 17.1 Å². The van der Waals surface area contributed by atoms with Gasteiger partial charge in [-0.05, 0) is 18.4 Å². The van der Waals surface area contributed by atoms with E-state index in [9.17, 15) is 20.4 Å². The molecule has 0 aliphatic carbocycles. The number of benzene rings is 1. The molecule has 0 spiro atoms. The molecule has 1 fully saturated rings. The average molecular weight is 384 g/mol. The molecule has 1 aliphatic heterocycles. The Bertz CT molecular complexity index is 757. The van der Waals surface area contributed by atoms with Crippen LogP contribution in [0.2, 0.25) is 0 Å². The second-order valence-corrected chi connectivity index (χ2v) is 6.46. The predicted octanol–water partition coefficient (Wildman–Crippen LogP) is -1.44. The summed E-state index contributed by atoms with van der Waals surface area (Å²) in [5.41, 5.74) is 0.500. The topological polar surface area (TPSA) is 156 Å². The van der Waals surface area contributed by atoms with Crippen molar-refractivity contribution < 1.29 is 29.9 Å². The third-order valence-electron chi connectivity index (χ3n) is 4.07. The zero-order chi connectivity index (χ0) is 18.8. The van der Waals surface area contributed by atoms with E-state index < -0.39 is 37.3 Å². The van der Waals surface area contributed by atoms with Crippen molar-refractivity contribution in [3.05, 3.63) is 24.3 Å². The Kier molecular flexibility index (Phi) is 5.65. The van der Waals surface area contributed by atoms with Crippen molar-refractivity contribution in [1.82, 2.24) is 14.9 Å². The lowest BCUT2D eigenvalue weighted by Gasteiger charge is -2.39. The molecule has 0 amide bonds. The van der Waals surface area contributed by atoms with Crippen LogP contribution in [-0.4, -0.2) is 78.9 Å². The van der Waals surface area contributed by atoms with Crippen LogP contribution >= 0.6 is 11.8 Å². The maximum Gasteiger partial charge on any atom is 0.229 e. The quantitative estimate of drug-likeness (QED) is 0.305. The van der Waals surface area contributed by atoms with E-state index in [-0.39, 0.29) is 5.75 Å². The van der Waals surface area contributed by atoms with Crippen molar-refractivity contribution >= 4 is 11.8 Å². The van der Waals surface area contributed by atoms with Crippen molar-refractivity contribution in [2.24, 2.45) is 0 Å². The lowest BCUT2D eigenvalue weighted by Crippen LogP contribution is -2.60. The van der Waals surface area contributed by atoms with Gasteiger partial charge in [0.25, 0.3) is 0 Å². The Morgan fingerprint density at radius 2 is 1.92 bits per heavy atom. The van der Waals surface area contributed by atoms with Gasteiger partial charge in [-0.3, -0.25) is 0 Å². The highest BCUT2D eigenvalue weighted by Gasteiger charge is 2.44. The number of hydrogen-bond acceptors (Lipinski definition) is 10. The SMILES string of the molecule is CSc1nnc(-c2ccccc2O[C@@H]2O[C@H](CO)[C@@H](O)[C@H](O)[C@H]2O)n1N. The van der Waals surface area contributed by atoms with Gasteiger partial charge in [0.05, 0.1) is 12.2 Å². The van der Waals surface area contributed by atoms with Gasteiger partial charge in [-0.1, -0.05) is 23.9 Å². The minimum atomic E-state index is -1.53. The van der Waals surface area contributed by atoms with Crippen LogP contribution in [0.4, 0.5) is 0 Å². The van der Waals surface area contributed by atoms with Crippen LogP contribution < -0.4 is 10.6 Å². The van der Waals surface area contributed by atoms with E-state index in [2.05, 4.69) is 10.2 Å². The van der Waals surface area contributed by atoms with Crippen molar-refractivity contribution in [2.45, 2.75) is 35.9 Å². The number of para-hydroxylation sites is 1. The first-order chi connectivity index (χ1) is 12.5. The van der Waals surface area contributed by atoms with Crippen LogP contribution in [0.15, 0.2) is 29.4 Å². The van der Waals surface area contributed by atoms with Crippen LogP contribution in [0.5, 0.6) is 5.75 Å². The molecule has 5 atom stereocenters. The van der Waals surface area contributed by atoms with Crippen LogP contribution in [0.3, 0.4) is 0 Å². The highest BCUT2D eigenvalue weighted by atomic mass is 32.2. The summed E-state index contributed by atoms with van der Waals surface area (Å²) in [5, 5.41) is 47.7. The van der Waals surface area contributed by atoms with Crippen LogP contribution in [0.25, 0.3) is 11.4 Å². The minimum absolute atomic E-state index is 0.281. The number of aliphatic hydroxyl groups is 4. The zero-order valence-electron chi connectivity index (χ0n) is 13.8. The molecule has 0 unspecified atom stereocenters. The van der Waals surface area contributed by atoms with Gasteiger partial charge in [-0.25, -0.2) is 4.68 Å². The fraction of sp³-hybridized carbons (Fsp3) is 0.467. The third kappa shape index (κ3) is 3.37. The Labute approximate surface area is 153 Å². The molecule has 3 rings (SSSR count). The Morgan fingerprint density at radius 1 is 1.19 bits per heavy atom. The van der Waals surface area contributed by atoms with Crippen LogP contribution in [-0.2, 0) is 4.74 Å². The summed E-state index contributed by atoms with van der Waals surface area (Å²) in [6.07, 6.45) is -5.06. The summed E-state index contributed by atoms with van der Waals surface area (Å²) in [4.78, 5) is 0. The summed E-state index contributed by atoms with van der Waals surface area (Å²) >= 11 is 1.33. The fourth-order valence-corrected chi connectivity index (χ4v) is 3.05. The van der Waals surface area contributed by atoms with Gasteiger partial charge >= 0.3 is 0 Å². The number of nitrogens with zero attached hydrogens (tertiary/aromatic N) is 3. The zero-order valence-corrected chi connectivity index (χ0v) is 14.7. The van der Waals surface area contributed by atoms with Crippen molar-refractivity contribution in [2.75, 3.05) is 18.7 Å². The number of aliphatic hydroxyl groups excluding tert-OH is 4. The lowest BCUT2D eigenvalue weighted by molar-refractivity contribution is -0.277. The van der Waals surface area contributed by atoms with Gasteiger partial charge in [-0.2, -0.15) is 0 Å². The van der Waals surface area contributed by atoms with Crippen LogP contribution in [0.1, 0.15) is 0 Å². The molecule has 142 valence electrons. The summed E-state index contributed by atoms with van der Waals surface area (Å²) in [6, 6.07) is 6.78. The Morgan fingerprint density at radius 3 is 2.58 bits per heavy atom. The molecule has 26 heavy (non-hydrogen) atoms. The second-order valence-electron chi connectivity index (χ2n) is 5.69. The maximum atomic E-state index is 10.1. The predicted molar refractivity (Wildman–Crippen MR) is 91.8 cm³/mol. The molecule has 0 radical (unpaired) electrons. The number of nitrogen functional groups attached to an aromatic ring is 1. The number of thioether (sulfide) groups is 1. The number of ether oxygens (including phenoxy) is 2. The Hall–Kier alpha value is -1.89. The van der Waals surface area contributed by atoms with E-state index in [1.54, 1.807) is 24.3 Å². The van der Waals surface area contributed by atoms with Gasteiger partial charge in [-0.15, -0.1) is 10.2 Å². The molecule has 6 N–H and O–H groups in total. The van der Waals surface area contributed by atoms with Gasteiger partial charge in [0, 0.05) is 0 Å². The molecule has 2 aromatic rings. The van der Waals surface area contributed by atoms with Crippen LogP contribution in [0, 0.1) is 0 Å². The van der Waals surface area contributed by atoms with E-state index in [0.29, 0.717) is 16.5 Å². The summed E-state index contributed by atoms with van der Waals surface area (Å²) in [5.74, 6) is 6.61. The van der Waals surface area contributed by atoms with E-state index >= 15 is 0 Å². The first kappa shape index (κ1) is 18.9. The molecule has 1 aromatic carbocycles. The van der Waals surface area contributed by atoms with Gasteiger partial charge in [0.2, 0.25) is 11.4 Å². The molecular formula is C15H20N4O6S. The summed E-state index contributed by atoms with van der Waals surface area (Å²) in [7, 11) is 0. The first-order valence-electron chi connectivity index (χ1n) is 7.79. The normalized spacial score (nSPS) is 28.9. The standard InChI is InChI=1S/C15H20N4O6S/c1-26-15-18-17-13(19(15)16)7-4-2-3-5-8(7)24-14-12(23)11(22)10(21)9(6-20)25-14/h2-5,9-12,14,20-23H,6,16H2,1H3/t9-,10-,11+,12-,14-/m1/s1. The smallest absolute Gasteiger partial charge is 0.229 e. The maximum absolute atomic E-state index is 10.1. The molecule has 1 saturated heterocycles. The number of nitrogens with two attached hydrogens (primary N) is 1. The minimum Gasteiger partial charge on any atom is -0.461 e. The second kappa shape index (κ2) is 7.78. The van der Waals surface area contributed by atoms with Crippen molar-refractivity contribution in [1.29, 1.82) is 0 Å². The molecule has 0 saturated carbocycles. The Balaban J connectivity index is 1.90. The van der Waals surface area contributed by atoms with E-state index in [1.807, 2.05) is 6.26 Å². The molecule has 0 bridgehead atoms. The van der Waals surface area contributed by atoms with Gasteiger partial charge < -0.3 is 35.7 Å². The van der Waals surface area contributed by atoms with E-state index in [4.69, 9.17) is 15.3 Å². The fourth-order valence-electron chi connectivity index (χ4n) is 2.64. The lowest BCUT2D eigenvalue weighted by atomic mass is 9.99. The number of aromatic nitrogens is 3. The highest BCUT2D eigenvalue weighted by Crippen LogP contribution is 2.32. The number of hydrogen-bond donors (Lipinski definition) is 5. The summed E-state index contributed by atoms with van der Waals surface area (Å²) in [6.45, 7) is -0.541. The first-order valence-corrected chi connectivity index (χ1v) is 9.01. The van der Waals surface area contributed by atoms with E-state index in [1.165, 1.54) is 16.4 Å². The third-order valence-corrected chi connectivity index (χ3v) is 4.71. The van der Waals surface area contributed by atoms with Gasteiger partial charge in [0.1, 0.15) is 30.2 Å². The molecule has 11 heteroatoms. The molecule has 1 aromatic heterocycles. The number of rotatable bonds is 5. The molecule has 10 nitrogen and oxygen atoms in total. The molecule has 2 heterocycles.